The van der Waals surface area contributed by atoms with Crippen LogP contribution in [-0.2, 0) is 0 Å². The lowest BCUT2D eigenvalue weighted by molar-refractivity contribution is 0.0919. The monoisotopic (exact) mass is 324 g/mol. The molecule has 3 aromatic rings. The Labute approximate surface area is 139 Å². The number of rotatable bonds is 3. The van der Waals surface area contributed by atoms with E-state index in [1.54, 1.807) is 29.5 Å². The molecule has 124 valence electrons. The quantitative estimate of drug-likeness (QED) is 0.774. The Morgan fingerprint density at radius 2 is 2.12 bits per heavy atom. The predicted octanol–water partition coefficient (Wildman–Crippen LogP) is 2.45. The normalized spacial score (nSPS) is 21.0. The fraction of sp³-hybridized carbons (Fsp3) is 0.412. The van der Waals surface area contributed by atoms with Crippen LogP contribution in [0.3, 0.4) is 0 Å². The zero-order valence-electron chi connectivity index (χ0n) is 13.6. The summed E-state index contributed by atoms with van der Waals surface area (Å²) in [7, 11) is 0. The molecule has 3 aromatic heterocycles. The third-order valence-electron chi connectivity index (χ3n) is 4.70. The summed E-state index contributed by atoms with van der Waals surface area (Å²) in [5.74, 6) is 1.05. The van der Waals surface area contributed by atoms with Crippen molar-refractivity contribution in [3.63, 3.8) is 0 Å². The van der Waals surface area contributed by atoms with Gasteiger partial charge in [0.15, 0.2) is 5.69 Å². The van der Waals surface area contributed by atoms with E-state index in [1.807, 2.05) is 6.07 Å². The fourth-order valence-electron chi connectivity index (χ4n) is 3.25. The van der Waals surface area contributed by atoms with E-state index in [0.717, 1.165) is 37.1 Å². The second-order valence-electron chi connectivity index (χ2n) is 6.51. The topological polar surface area (TPSA) is 88.5 Å². The SMILES string of the molecule is CC1CCC(NC(=O)c2nc(-n3ccnc3)nc3cc[nH]c23)CC1. The van der Waals surface area contributed by atoms with E-state index >= 15 is 0 Å². The summed E-state index contributed by atoms with van der Waals surface area (Å²) in [6.45, 7) is 2.27. The van der Waals surface area contributed by atoms with Gasteiger partial charge in [-0.1, -0.05) is 6.92 Å². The van der Waals surface area contributed by atoms with Crippen molar-refractivity contribution >= 4 is 16.9 Å². The maximum atomic E-state index is 12.8. The maximum absolute atomic E-state index is 12.8. The minimum atomic E-state index is -0.147. The largest absolute Gasteiger partial charge is 0.358 e. The van der Waals surface area contributed by atoms with Gasteiger partial charge in [0.1, 0.15) is 6.33 Å². The van der Waals surface area contributed by atoms with E-state index in [9.17, 15) is 4.79 Å². The van der Waals surface area contributed by atoms with Crippen molar-refractivity contribution in [2.24, 2.45) is 5.92 Å². The Morgan fingerprint density at radius 1 is 1.29 bits per heavy atom. The molecular weight excluding hydrogens is 304 g/mol. The number of amides is 1. The number of carbonyl (C=O) groups is 1. The second-order valence-corrected chi connectivity index (χ2v) is 6.51. The van der Waals surface area contributed by atoms with Gasteiger partial charge in [-0.2, -0.15) is 0 Å². The third kappa shape index (κ3) is 2.77. The lowest BCUT2D eigenvalue weighted by Crippen LogP contribution is -2.38. The van der Waals surface area contributed by atoms with Gasteiger partial charge >= 0.3 is 0 Å². The van der Waals surface area contributed by atoms with Crippen LogP contribution in [0.2, 0.25) is 0 Å². The molecule has 0 bridgehead atoms. The molecule has 0 aliphatic heterocycles. The lowest BCUT2D eigenvalue weighted by atomic mass is 9.87. The van der Waals surface area contributed by atoms with Gasteiger partial charge in [0.05, 0.1) is 11.0 Å². The summed E-state index contributed by atoms with van der Waals surface area (Å²) >= 11 is 0. The van der Waals surface area contributed by atoms with E-state index in [4.69, 9.17) is 0 Å². The highest BCUT2D eigenvalue weighted by Crippen LogP contribution is 2.24. The number of aromatic amines is 1. The standard InChI is InChI=1S/C17H20N6O/c1-11-2-4-12(5-3-11)20-16(24)15-14-13(6-7-19-14)21-17(22-15)23-9-8-18-10-23/h6-12,19H,2-5H2,1H3,(H,20,24). The number of hydrogen-bond acceptors (Lipinski definition) is 4. The molecule has 24 heavy (non-hydrogen) atoms. The maximum Gasteiger partial charge on any atom is 0.272 e. The average Bonchev–Trinajstić information content (AvgIpc) is 3.27. The molecule has 3 heterocycles. The number of H-pyrrole nitrogens is 1. The van der Waals surface area contributed by atoms with Crippen molar-refractivity contribution in [3.8, 4) is 5.95 Å². The number of imidazole rings is 1. The Hall–Kier alpha value is -2.70. The summed E-state index contributed by atoms with van der Waals surface area (Å²) < 4.78 is 1.70. The smallest absolute Gasteiger partial charge is 0.272 e. The predicted molar refractivity (Wildman–Crippen MR) is 89.9 cm³/mol. The van der Waals surface area contributed by atoms with Crippen molar-refractivity contribution in [1.29, 1.82) is 0 Å². The summed E-state index contributed by atoms with van der Waals surface area (Å²) in [4.78, 5) is 28.8. The van der Waals surface area contributed by atoms with E-state index in [2.05, 4.69) is 32.2 Å². The number of nitrogens with one attached hydrogen (secondary N) is 2. The highest BCUT2D eigenvalue weighted by molar-refractivity contribution is 6.03. The van der Waals surface area contributed by atoms with Crippen LogP contribution in [0, 0.1) is 5.92 Å². The van der Waals surface area contributed by atoms with Crippen molar-refractivity contribution in [3.05, 3.63) is 36.7 Å². The molecular formula is C17H20N6O. The van der Waals surface area contributed by atoms with Gasteiger partial charge in [-0.05, 0) is 37.7 Å². The van der Waals surface area contributed by atoms with Gasteiger partial charge < -0.3 is 10.3 Å². The van der Waals surface area contributed by atoms with Crippen LogP contribution in [0.15, 0.2) is 31.0 Å². The highest BCUT2D eigenvalue weighted by Gasteiger charge is 2.23. The number of fused-ring (bicyclic) bond motifs is 1. The van der Waals surface area contributed by atoms with E-state index < -0.39 is 0 Å². The molecule has 0 saturated heterocycles. The molecule has 1 amide bonds. The summed E-state index contributed by atoms with van der Waals surface area (Å²) in [5.41, 5.74) is 1.77. The summed E-state index contributed by atoms with van der Waals surface area (Å²) in [6, 6.07) is 2.07. The van der Waals surface area contributed by atoms with Crippen LogP contribution in [0.1, 0.15) is 43.1 Å². The zero-order chi connectivity index (χ0) is 16.5. The molecule has 1 aliphatic carbocycles. The Kier molecular flexibility index (Phi) is 3.76. The fourth-order valence-corrected chi connectivity index (χ4v) is 3.25. The number of aromatic nitrogens is 5. The van der Waals surface area contributed by atoms with Crippen molar-refractivity contribution in [2.45, 2.75) is 38.6 Å². The van der Waals surface area contributed by atoms with Crippen LogP contribution in [-0.4, -0.2) is 36.5 Å². The van der Waals surface area contributed by atoms with Gasteiger partial charge in [-0.3, -0.25) is 9.36 Å². The molecule has 1 aliphatic rings. The first-order valence-corrected chi connectivity index (χ1v) is 8.35. The molecule has 7 heteroatoms. The highest BCUT2D eigenvalue weighted by atomic mass is 16.2. The van der Waals surface area contributed by atoms with Crippen molar-refractivity contribution in [1.82, 2.24) is 29.8 Å². The Morgan fingerprint density at radius 3 is 2.88 bits per heavy atom. The van der Waals surface area contributed by atoms with Gasteiger partial charge in [0.2, 0.25) is 5.95 Å². The Balaban J connectivity index is 1.65. The molecule has 1 fully saturated rings. The van der Waals surface area contributed by atoms with Crippen LogP contribution in [0.5, 0.6) is 0 Å². The molecule has 7 nitrogen and oxygen atoms in total. The van der Waals surface area contributed by atoms with Gasteiger partial charge in [0.25, 0.3) is 5.91 Å². The molecule has 0 atom stereocenters. The number of carbonyl (C=O) groups excluding carboxylic acids is 1. The van der Waals surface area contributed by atoms with Crippen LogP contribution in [0.4, 0.5) is 0 Å². The molecule has 0 spiro atoms. The molecule has 2 N–H and O–H groups in total. The summed E-state index contributed by atoms with van der Waals surface area (Å²) in [5, 5.41) is 3.14. The van der Waals surface area contributed by atoms with Crippen LogP contribution >= 0.6 is 0 Å². The zero-order valence-corrected chi connectivity index (χ0v) is 13.6. The van der Waals surface area contributed by atoms with Crippen molar-refractivity contribution < 1.29 is 4.79 Å². The first kappa shape index (κ1) is 14.9. The van der Waals surface area contributed by atoms with E-state index in [1.165, 1.54) is 0 Å². The Bertz CT molecular complexity index is 845. The minimum absolute atomic E-state index is 0.147. The van der Waals surface area contributed by atoms with Gasteiger partial charge in [0, 0.05) is 24.6 Å². The second kappa shape index (κ2) is 6.07. The summed E-state index contributed by atoms with van der Waals surface area (Å²) in [6.07, 6.45) is 11.2. The van der Waals surface area contributed by atoms with Gasteiger partial charge in [-0.15, -0.1) is 0 Å². The molecule has 4 rings (SSSR count). The first-order chi connectivity index (χ1) is 11.7. The minimum Gasteiger partial charge on any atom is -0.358 e. The van der Waals surface area contributed by atoms with Gasteiger partial charge in [-0.25, -0.2) is 15.0 Å². The average molecular weight is 324 g/mol. The van der Waals surface area contributed by atoms with Crippen LogP contribution < -0.4 is 5.32 Å². The number of hydrogen-bond donors (Lipinski definition) is 2. The molecule has 0 radical (unpaired) electrons. The van der Waals surface area contributed by atoms with Crippen molar-refractivity contribution in [2.75, 3.05) is 0 Å². The first-order valence-electron chi connectivity index (χ1n) is 8.35. The third-order valence-corrected chi connectivity index (χ3v) is 4.70. The van der Waals surface area contributed by atoms with Crippen LogP contribution in [0.25, 0.3) is 17.0 Å². The van der Waals surface area contributed by atoms with E-state index in [-0.39, 0.29) is 11.9 Å². The lowest BCUT2D eigenvalue weighted by Gasteiger charge is -2.26. The number of nitrogens with zero attached hydrogens (tertiary/aromatic N) is 4. The molecule has 1 saturated carbocycles. The molecule has 0 unspecified atom stereocenters. The molecule has 0 aromatic carbocycles. The van der Waals surface area contributed by atoms with E-state index in [0.29, 0.717) is 17.2 Å².